The third-order valence-electron chi connectivity index (χ3n) is 1.27. The Hall–Kier alpha value is -1.23. The van der Waals surface area contributed by atoms with Gasteiger partial charge in [0.2, 0.25) is 0 Å². The van der Waals surface area contributed by atoms with Gasteiger partial charge in [-0.05, 0) is 18.4 Å². The molecular formula is C7H10N2O2S. The molecule has 0 aliphatic heterocycles. The van der Waals surface area contributed by atoms with Crippen LogP contribution in [-0.2, 0) is 0 Å². The molecule has 1 heterocycles. The van der Waals surface area contributed by atoms with Gasteiger partial charge in [0.1, 0.15) is 10.6 Å². The molecule has 0 radical (unpaired) electrons. The van der Waals surface area contributed by atoms with Gasteiger partial charge in [0.15, 0.2) is 5.84 Å². The molecule has 4 nitrogen and oxygen atoms in total. The summed E-state index contributed by atoms with van der Waals surface area (Å²) < 4.78 is 5.24. The quantitative estimate of drug-likeness (QED) is 0.323. The van der Waals surface area contributed by atoms with Crippen molar-refractivity contribution in [1.82, 2.24) is 0 Å². The van der Waals surface area contributed by atoms with Crippen molar-refractivity contribution in [1.29, 1.82) is 0 Å². The molecule has 0 atom stereocenters. The molecule has 5 heteroatoms. The lowest BCUT2D eigenvalue weighted by Gasteiger charge is -2.01. The van der Waals surface area contributed by atoms with Crippen LogP contribution >= 0.6 is 11.3 Å². The summed E-state index contributed by atoms with van der Waals surface area (Å²) in [7, 11) is 0. The highest BCUT2D eigenvalue weighted by atomic mass is 32.1. The second kappa shape index (κ2) is 3.96. The number of amidine groups is 1. The fourth-order valence-electron chi connectivity index (χ4n) is 0.799. The van der Waals surface area contributed by atoms with Gasteiger partial charge in [-0.15, -0.1) is 11.3 Å². The molecule has 66 valence electrons. The molecule has 0 spiro atoms. The van der Waals surface area contributed by atoms with Crippen LogP contribution in [0, 0.1) is 0 Å². The molecule has 0 aliphatic rings. The standard InChI is InChI=1S/C7H10N2O2S/c1-2-11-5-3-4-12-6(5)7(8)9-10/h3-4,10H,2H2,1H3,(H2,8,9). The highest BCUT2D eigenvalue weighted by Crippen LogP contribution is 2.24. The van der Waals surface area contributed by atoms with Crippen molar-refractivity contribution in [2.45, 2.75) is 6.92 Å². The number of oxime groups is 1. The normalized spacial score (nSPS) is 11.6. The van der Waals surface area contributed by atoms with E-state index in [-0.39, 0.29) is 5.84 Å². The molecule has 0 aliphatic carbocycles. The molecule has 0 saturated carbocycles. The zero-order chi connectivity index (χ0) is 8.97. The summed E-state index contributed by atoms with van der Waals surface area (Å²) in [6, 6.07) is 1.79. The van der Waals surface area contributed by atoms with Gasteiger partial charge in [-0.1, -0.05) is 5.16 Å². The van der Waals surface area contributed by atoms with Gasteiger partial charge in [-0.25, -0.2) is 0 Å². The minimum Gasteiger partial charge on any atom is -0.492 e. The van der Waals surface area contributed by atoms with Crippen molar-refractivity contribution >= 4 is 17.2 Å². The summed E-state index contributed by atoms with van der Waals surface area (Å²) in [6.45, 7) is 2.45. The van der Waals surface area contributed by atoms with E-state index in [9.17, 15) is 0 Å². The van der Waals surface area contributed by atoms with Gasteiger partial charge < -0.3 is 15.7 Å². The first kappa shape index (κ1) is 8.86. The molecule has 0 saturated heterocycles. The Morgan fingerprint density at radius 1 is 1.83 bits per heavy atom. The van der Waals surface area contributed by atoms with E-state index in [4.69, 9.17) is 15.7 Å². The van der Waals surface area contributed by atoms with E-state index in [0.29, 0.717) is 17.2 Å². The minimum absolute atomic E-state index is 0.0912. The molecule has 0 aromatic carbocycles. The Bertz CT molecular complexity index is 283. The van der Waals surface area contributed by atoms with Crippen molar-refractivity contribution in [2.24, 2.45) is 10.9 Å². The van der Waals surface area contributed by atoms with Crippen molar-refractivity contribution in [3.05, 3.63) is 16.3 Å². The van der Waals surface area contributed by atoms with Gasteiger partial charge in [-0.3, -0.25) is 0 Å². The van der Waals surface area contributed by atoms with Crippen molar-refractivity contribution in [3.8, 4) is 5.75 Å². The van der Waals surface area contributed by atoms with E-state index in [1.165, 1.54) is 11.3 Å². The molecule has 0 fully saturated rings. The maximum atomic E-state index is 8.41. The Labute approximate surface area is 74.3 Å². The highest BCUT2D eigenvalue weighted by Gasteiger charge is 2.08. The van der Waals surface area contributed by atoms with Crippen LogP contribution in [-0.4, -0.2) is 17.6 Å². The van der Waals surface area contributed by atoms with Crippen LogP contribution in [0.2, 0.25) is 0 Å². The monoisotopic (exact) mass is 186 g/mol. The lowest BCUT2D eigenvalue weighted by atomic mass is 10.4. The van der Waals surface area contributed by atoms with E-state index in [0.717, 1.165) is 0 Å². The SMILES string of the molecule is CCOc1ccsc1/C(N)=N/O. The summed E-state index contributed by atoms with van der Waals surface area (Å²) in [6.07, 6.45) is 0. The third-order valence-corrected chi connectivity index (χ3v) is 2.19. The largest absolute Gasteiger partial charge is 0.492 e. The van der Waals surface area contributed by atoms with Crippen LogP contribution in [0.25, 0.3) is 0 Å². The molecule has 12 heavy (non-hydrogen) atoms. The van der Waals surface area contributed by atoms with Crippen molar-refractivity contribution in [3.63, 3.8) is 0 Å². The Kier molecular flexibility index (Phi) is 2.93. The Morgan fingerprint density at radius 2 is 2.58 bits per heavy atom. The van der Waals surface area contributed by atoms with Crippen LogP contribution < -0.4 is 10.5 Å². The van der Waals surface area contributed by atoms with E-state index in [2.05, 4.69) is 5.16 Å². The number of ether oxygens (including phenoxy) is 1. The molecule has 1 rings (SSSR count). The van der Waals surface area contributed by atoms with E-state index in [1.807, 2.05) is 12.3 Å². The predicted molar refractivity (Wildman–Crippen MR) is 48.0 cm³/mol. The second-order valence-corrected chi connectivity index (χ2v) is 2.95. The first-order valence-corrected chi connectivity index (χ1v) is 4.35. The fraction of sp³-hybridized carbons (Fsp3) is 0.286. The first-order chi connectivity index (χ1) is 5.79. The molecule has 1 aromatic rings. The first-order valence-electron chi connectivity index (χ1n) is 3.47. The topological polar surface area (TPSA) is 67.8 Å². The van der Waals surface area contributed by atoms with Crippen LogP contribution in [0.3, 0.4) is 0 Å². The van der Waals surface area contributed by atoms with Crippen LogP contribution in [0.5, 0.6) is 5.75 Å². The predicted octanol–water partition coefficient (Wildman–Crippen LogP) is 1.24. The Balaban J connectivity index is 2.91. The lowest BCUT2D eigenvalue weighted by Crippen LogP contribution is -2.12. The molecule has 3 N–H and O–H groups in total. The minimum atomic E-state index is 0.0912. The average Bonchev–Trinajstić information content (AvgIpc) is 2.52. The fourth-order valence-corrected chi connectivity index (χ4v) is 1.53. The summed E-state index contributed by atoms with van der Waals surface area (Å²) in [4.78, 5) is 0.666. The number of thiophene rings is 1. The number of rotatable bonds is 3. The summed E-state index contributed by atoms with van der Waals surface area (Å²) >= 11 is 1.38. The number of nitrogens with zero attached hydrogens (tertiary/aromatic N) is 1. The third kappa shape index (κ3) is 1.68. The van der Waals surface area contributed by atoms with Gasteiger partial charge in [0.05, 0.1) is 6.61 Å². The van der Waals surface area contributed by atoms with E-state index >= 15 is 0 Å². The Morgan fingerprint density at radius 3 is 3.17 bits per heavy atom. The number of hydrogen-bond donors (Lipinski definition) is 2. The van der Waals surface area contributed by atoms with Crippen LogP contribution in [0.1, 0.15) is 11.8 Å². The van der Waals surface area contributed by atoms with Crippen LogP contribution in [0.15, 0.2) is 16.6 Å². The number of nitrogens with two attached hydrogens (primary N) is 1. The highest BCUT2D eigenvalue weighted by molar-refractivity contribution is 7.12. The van der Waals surface area contributed by atoms with E-state index in [1.54, 1.807) is 6.07 Å². The molecule has 1 aromatic heterocycles. The van der Waals surface area contributed by atoms with Gasteiger partial charge in [0.25, 0.3) is 0 Å². The summed E-state index contributed by atoms with van der Waals surface area (Å²) in [5.41, 5.74) is 5.40. The number of hydrogen-bond acceptors (Lipinski definition) is 4. The molecule has 0 unspecified atom stereocenters. The molecular weight excluding hydrogens is 176 g/mol. The lowest BCUT2D eigenvalue weighted by molar-refractivity contribution is 0.317. The van der Waals surface area contributed by atoms with Gasteiger partial charge in [0, 0.05) is 0 Å². The summed E-state index contributed by atoms with van der Waals surface area (Å²) in [5.74, 6) is 0.756. The second-order valence-electron chi connectivity index (χ2n) is 2.03. The average molecular weight is 186 g/mol. The van der Waals surface area contributed by atoms with Crippen molar-refractivity contribution < 1.29 is 9.94 Å². The van der Waals surface area contributed by atoms with Gasteiger partial charge >= 0.3 is 0 Å². The summed E-state index contributed by atoms with van der Waals surface area (Å²) in [5, 5.41) is 13.1. The van der Waals surface area contributed by atoms with Gasteiger partial charge in [-0.2, -0.15) is 0 Å². The zero-order valence-electron chi connectivity index (χ0n) is 6.65. The zero-order valence-corrected chi connectivity index (χ0v) is 7.47. The van der Waals surface area contributed by atoms with Crippen LogP contribution in [0.4, 0.5) is 0 Å². The van der Waals surface area contributed by atoms with E-state index < -0.39 is 0 Å². The maximum Gasteiger partial charge on any atom is 0.183 e. The molecule has 0 amide bonds. The molecule has 0 bridgehead atoms. The smallest absolute Gasteiger partial charge is 0.183 e. The maximum absolute atomic E-state index is 8.41. The van der Waals surface area contributed by atoms with Crippen molar-refractivity contribution in [2.75, 3.05) is 6.61 Å².